The molecule has 0 radical (unpaired) electrons. The zero-order valence-corrected chi connectivity index (χ0v) is 21.4. The van der Waals surface area contributed by atoms with Crippen LogP contribution in [0.15, 0.2) is 58.5 Å². The van der Waals surface area contributed by atoms with Crippen LogP contribution in [0.5, 0.6) is 0 Å². The quantitative estimate of drug-likeness (QED) is 0.204. The molecule has 0 aliphatic carbocycles. The van der Waals surface area contributed by atoms with Crippen LogP contribution in [0, 0.1) is 0 Å². The second-order valence-electron chi connectivity index (χ2n) is 8.33. The van der Waals surface area contributed by atoms with Crippen molar-refractivity contribution in [3.63, 3.8) is 0 Å². The highest BCUT2D eigenvalue weighted by Crippen LogP contribution is 2.21. The number of allylic oxidation sites excluding steroid dienone is 4. The predicted octanol–water partition coefficient (Wildman–Crippen LogP) is 3.04. The van der Waals surface area contributed by atoms with Gasteiger partial charge >= 0.3 is 0 Å². The third kappa shape index (κ3) is 7.96. The summed E-state index contributed by atoms with van der Waals surface area (Å²) in [5.41, 5.74) is 7.58. The third-order valence-electron chi connectivity index (χ3n) is 5.22. The number of fused-ring (bicyclic) bond motifs is 1. The number of aliphatic hydroxyl groups excluding tert-OH is 1. The fourth-order valence-electron chi connectivity index (χ4n) is 3.35. The summed E-state index contributed by atoms with van der Waals surface area (Å²) in [5, 5.41) is 17.5. The lowest BCUT2D eigenvalue weighted by molar-refractivity contribution is -0.138. The van der Waals surface area contributed by atoms with Crippen molar-refractivity contribution in [2.45, 2.75) is 59.5 Å². The van der Waals surface area contributed by atoms with Crippen molar-refractivity contribution in [3.8, 4) is 0 Å². The largest absolute Gasteiger partial charge is 0.489 e. The maximum absolute atomic E-state index is 12.4. The number of hydrogen-bond acceptors (Lipinski definition) is 8. The molecule has 0 saturated carbocycles. The number of anilines is 1. The zero-order chi connectivity index (χ0) is 26.7. The maximum atomic E-state index is 12.4. The van der Waals surface area contributed by atoms with Crippen LogP contribution in [-0.2, 0) is 25.6 Å². The number of aromatic nitrogens is 1. The van der Waals surface area contributed by atoms with Gasteiger partial charge in [-0.2, -0.15) is 0 Å². The minimum atomic E-state index is -1.39. The molecule has 10 heteroatoms. The van der Waals surface area contributed by atoms with E-state index >= 15 is 0 Å². The molecule has 2 rings (SSSR count). The van der Waals surface area contributed by atoms with Gasteiger partial charge in [0.2, 0.25) is 6.41 Å². The molecule has 1 unspecified atom stereocenters. The van der Waals surface area contributed by atoms with Crippen LogP contribution in [0.25, 0.3) is 11.0 Å². The molecule has 1 aromatic heterocycles. The summed E-state index contributed by atoms with van der Waals surface area (Å²) >= 11 is 0. The predicted molar refractivity (Wildman–Crippen MR) is 137 cm³/mol. The van der Waals surface area contributed by atoms with Crippen LogP contribution in [0.1, 0.15) is 40.2 Å². The Morgan fingerprint density at radius 1 is 1.31 bits per heavy atom. The van der Waals surface area contributed by atoms with Gasteiger partial charge in [0, 0.05) is 13.1 Å². The van der Waals surface area contributed by atoms with E-state index in [1.165, 1.54) is 4.90 Å². The molecule has 0 aliphatic heterocycles. The van der Waals surface area contributed by atoms with Crippen LogP contribution in [0.3, 0.4) is 0 Å². The number of carbonyl (C=O) groups is 2. The van der Waals surface area contributed by atoms with Crippen LogP contribution in [0.2, 0.25) is 0 Å². The smallest absolute Gasteiger partial charge is 0.251 e. The molecule has 2 atom stereocenters. The summed E-state index contributed by atoms with van der Waals surface area (Å²) in [6.45, 7) is 9.59. The Labute approximate surface area is 211 Å². The molecule has 1 heterocycles. The topological polar surface area (TPSA) is 140 Å². The van der Waals surface area contributed by atoms with Gasteiger partial charge in [-0.15, -0.1) is 0 Å². The highest BCUT2D eigenvalue weighted by molar-refractivity contribution is 5.87. The van der Waals surface area contributed by atoms with Crippen molar-refractivity contribution in [2.75, 3.05) is 18.9 Å². The number of nitrogen functional groups attached to an aromatic ring is 1. The molecule has 0 bridgehead atoms. The van der Waals surface area contributed by atoms with E-state index in [0.29, 0.717) is 34.7 Å². The first-order chi connectivity index (χ1) is 17.2. The molecular weight excluding hydrogens is 464 g/mol. The lowest BCUT2D eigenvalue weighted by Crippen LogP contribution is -2.42. The Morgan fingerprint density at radius 3 is 2.69 bits per heavy atom. The normalized spacial score (nSPS) is 14.3. The SMILES string of the molecule is C\C=C/C=C(OC(C)C)\C(=C/C)N(C=O)CCO[C@@H](C)C(O)C(=O)NCc1ccc2c(N)noc2c1. The zero-order valence-electron chi connectivity index (χ0n) is 21.4. The summed E-state index contributed by atoms with van der Waals surface area (Å²) in [5.74, 6) is 0.272. The summed E-state index contributed by atoms with van der Waals surface area (Å²) in [4.78, 5) is 25.7. The number of nitrogens with zero attached hydrogens (tertiary/aromatic N) is 2. The summed E-state index contributed by atoms with van der Waals surface area (Å²) < 4.78 is 16.6. The van der Waals surface area contributed by atoms with Crippen molar-refractivity contribution in [2.24, 2.45) is 0 Å². The monoisotopic (exact) mass is 500 g/mol. The van der Waals surface area contributed by atoms with E-state index in [-0.39, 0.29) is 25.8 Å². The summed E-state index contributed by atoms with van der Waals surface area (Å²) in [7, 11) is 0. The number of hydrogen-bond donors (Lipinski definition) is 3. The van der Waals surface area contributed by atoms with E-state index in [9.17, 15) is 14.7 Å². The fraction of sp³-hybridized carbons (Fsp3) is 0.423. The van der Waals surface area contributed by atoms with Gasteiger partial charge in [-0.3, -0.25) is 9.59 Å². The number of rotatable bonds is 14. The molecular formula is C26H36N4O6. The number of aliphatic hydroxyl groups is 1. The van der Waals surface area contributed by atoms with Gasteiger partial charge in [-0.05, 0) is 58.4 Å². The Bertz CT molecular complexity index is 1110. The first kappa shape index (κ1) is 28.6. The van der Waals surface area contributed by atoms with E-state index in [4.69, 9.17) is 19.7 Å². The van der Waals surface area contributed by atoms with Crippen molar-refractivity contribution >= 4 is 29.1 Å². The second-order valence-corrected chi connectivity index (χ2v) is 8.33. The lowest BCUT2D eigenvalue weighted by Gasteiger charge is -2.25. The van der Waals surface area contributed by atoms with Crippen LogP contribution < -0.4 is 11.1 Å². The third-order valence-corrected chi connectivity index (χ3v) is 5.22. The standard InChI is InChI=1S/C26H36N4O6/c1-6-8-9-22(35-17(3)4)21(7-2)30(16-31)12-13-34-18(5)24(32)26(33)28-15-19-10-11-20-23(14-19)36-29-25(20)27/h6-11,14,16-18,24,32H,12-13,15H2,1-5H3,(H2,27,29)(H,28,33)/b8-6-,21-7+,22-9+/t18-,24?/m0/s1. The van der Waals surface area contributed by atoms with Gasteiger partial charge in [0.1, 0.15) is 5.76 Å². The first-order valence-electron chi connectivity index (χ1n) is 11.8. The summed E-state index contributed by atoms with van der Waals surface area (Å²) in [6, 6.07) is 5.27. The van der Waals surface area contributed by atoms with Crippen molar-refractivity contribution in [1.82, 2.24) is 15.4 Å². The van der Waals surface area contributed by atoms with E-state index in [1.807, 2.05) is 39.8 Å². The Balaban J connectivity index is 1.89. The fourth-order valence-corrected chi connectivity index (χ4v) is 3.35. The first-order valence-corrected chi connectivity index (χ1v) is 11.8. The highest BCUT2D eigenvalue weighted by atomic mass is 16.5. The van der Waals surface area contributed by atoms with Gasteiger partial charge < -0.3 is 35.1 Å². The maximum Gasteiger partial charge on any atom is 0.251 e. The van der Waals surface area contributed by atoms with E-state index < -0.39 is 18.1 Å². The van der Waals surface area contributed by atoms with Gasteiger partial charge in [0.05, 0.1) is 29.9 Å². The molecule has 0 saturated heterocycles. The molecule has 2 amide bonds. The van der Waals surface area contributed by atoms with E-state index in [0.717, 1.165) is 5.56 Å². The molecule has 0 spiro atoms. The van der Waals surface area contributed by atoms with Crippen LogP contribution >= 0.6 is 0 Å². The number of nitrogens with two attached hydrogens (primary N) is 1. The van der Waals surface area contributed by atoms with Crippen molar-refractivity contribution < 1.29 is 28.7 Å². The van der Waals surface area contributed by atoms with E-state index in [2.05, 4.69) is 10.5 Å². The molecule has 10 nitrogen and oxygen atoms in total. The molecule has 4 N–H and O–H groups in total. The van der Waals surface area contributed by atoms with E-state index in [1.54, 1.807) is 37.3 Å². The number of amides is 2. The molecule has 1 aromatic carbocycles. The van der Waals surface area contributed by atoms with Gasteiger partial charge in [-0.1, -0.05) is 29.5 Å². The molecule has 2 aromatic rings. The lowest BCUT2D eigenvalue weighted by atomic mass is 10.1. The van der Waals surface area contributed by atoms with Gasteiger partial charge in [0.15, 0.2) is 17.5 Å². The molecule has 36 heavy (non-hydrogen) atoms. The number of carbonyl (C=O) groups excluding carboxylic acids is 2. The van der Waals surface area contributed by atoms with Crippen LogP contribution in [-0.4, -0.2) is 58.9 Å². The van der Waals surface area contributed by atoms with Crippen molar-refractivity contribution in [1.29, 1.82) is 0 Å². The molecule has 0 fully saturated rings. The highest BCUT2D eigenvalue weighted by Gasteiger charge is 2.23. The Kier molecular flexibility index (Phi) is 11.2. The number of ether oxygens (including phenoxy) is 2. The average molecular weight is 501 g/mol. The molecule has 196 valence electrons. The Morgan fingerprint density at radius 2 is 2.06 bits per heavy atom. The number of benzene rings is 1. The summed E-state index contributed by atoms with van der Waals surface area (Å²) in [6.07, 6.45) is 5.69. The van der Waals surface area contributed by atoms with Gasteiger partial charge in [0.25, 0.3) is 5.91 Å². The molecule has 0 aliphatic rings. The van der Waals surface area contributed by atoms with Gasteiger partial charge in [-0.25, -0.2) is 0 Å². The minimum Gasteiger partial charge on any atom is -0.489 e. The number of nitrogens with one attached hydrogen (secondary N) is 1. The minimum absolute atomic E-state index is 0.0781. The average Bonchev–Trinajstić information content (AvgIpc) is 3.23. The second kappa shape index (κ2) is 14.1. The Hall–Kier alpha value is -3.63. The van der Waals surface area contributed by atoms with Crippen LogP contribution in [0.4, 0.5) is 5.82 Å². The van der Waals surface area contributed by atoms with Crippen molar-refractivity contribution in [3.05, 3.63) is 59.5 Å².